The quantitative estimate of drug-likeness (QED) is 0.425. The number of ether oxygens (including phenoxy) is 1. The van der Waals surface area contributed by atoms with Crippen molar-refractivity contribution in [3.05, 3.63) is 34.9 Å². The van der Waals surface area contributed by atoms with Crippen LogP contribution in [-0.2, 0) is 6.42 Å². The lowest BCUT2D eigenvalue weighted by Crippen LogP contribution is -2.45. The van der Waals surface area contributed by atoms with E-state index in [9.17, 15) is 5.11 Å². The molecule has 0 saturated carbocycles. The Morgan fingerprint density at radius 2 is 1.85 bits per heavy atom. The summed E-state index contributed by atoms with van der Waals surface area (Å²) in [4.78, 5) is 0. The lowest BCUT2D eigenvalue weighted by atomic mass is 9.67. The molecular formula is C24H36O2. The zero-order valence-corrected chi connectivity index (χ0v) is 17.1. The van der Waals surface area contributed by atoms with Crippen molar-refractivity contribution in [3.8, 4) is 11.5 Å². The first-order chi connectivity index (χ1) is 12.4. The van der Waals surface area contributed by atoms with Crippen molar-refractivity contribution in [3.63, 3.8) is 0 Å². The molecule has 1 N–H and O–H groups in total. The third-order valence-electron chi connectivity index (χ3n) is 6.38. The van der Waals surface area contributed by atoms with Crippen LogP contribution in [-0.4, -0.2) is 10.7 Å². The number of aromatic hydroxyl groups is 1. The van der Waals surface area contributed by atoms with Gasteiger partial charge < -0.3 is 9.84 Å². The number of rotatable bonds is 7. The van der Waals surface area contributed by atoms with Crippen molar-refractivity contribution in [2.45, 2.75) is 97.0 Å². The van der Waals surface area contributed by atoms with Crippen molar-refractivity contribution < 1.29 is 9.84 Å². The highest BCUT2D eigenvalue weighted by Gasteiger charge is 2.45. The largest absolute Gasteiger partial charge is 0.508 e. The summed E-state index contributed by atoms with van der Waals surface area (Å²) in [5, 5.41) is 10.8. The molecule has 0 amide bonds. The van der Waals surface area contributed by atoms with E-state index in [4.69, 9.17) is 4.74 Å². The Kier molecular flexibility index (Phi) is 5.99. The molecule has 1 aromatic carbocycles. The van der Waals surface area contributed by atoms with E-state index >= 15 is 0 Å². The number of fused-ring (bicyclic) bond motifs is 3. The number of hydrogen-bond donors (Lipinski definition) is 1. The van der Waals surface area contributed by atoms with Crippen LogP contribution in [0.25, 0.3) is 0 Å². The monoisotopic (exact) mass is 356 g/mol. The first-order valence-electron chi connectivity index (χ1n) is 10.6. The Morgan fingerprint density at radius 3 is 2.62 bits per heavy atom. The minimum absolute atomic E-state index is 0.180. The van der Waals surface area contributed by atoms with E-state index in [-0.39, 0.29) is 5.60 Å². The van der Waals surface area contributed by atoms with Gasteiger partial charge in [0, 0.05) is 17.4 Å². The maximum Gasteiger partial charge on any atom is 0.127 e. The number of unbranched alkanes of at least 4 members (excludes halogenated alkanes) is 5. The first kappa shape index (κ1) is 19.3. The molecule has 0 radical (unpaired) electrons. The van der Waals surface area contributed by atoms with Gasteiger partial charge in [-0.15, -0.1) is 0 Å². The summed E-state index contributed by atoms with van der Waals surface area (Å²) < 4.78 is 6.42. The smallest absolute Gasteiger partial charge is 0.127 e. The van der Waals surface area contributed by atoms with Gasteiger partial charge in [0.1, 0.15) is 17.1 Å². The fourth-order valence-corrected chi connectivity index (χ4v) is 4.87. The van der Waals surface area contributed by atoms with Crippen LogP contribution in [0.1, 0.15) is 96.1 Å². The Balaban J connectivity index is 1.75. The summed E-state index contributed by atoms with van der Waals surface area (Å²) in [5.41, 5.74) is 3.52. The highest BCUT2D eigenvalue weighted by atomic mass is 16.5. The van der Waals surface area contributed by atoms with Gasteiger partial charge in [0.2, 0.25) is 0 Å². The predicted octanol–water partition coefficient (Wildman–Crippen LogP) is 6.91. The summed E-state index contributed by atoms with van der Waals surface area (Å²) >= 11 is 0. The van der Waals surface area contributed by atoms with E-state index in [1.807, 2.05) is 6.07 Å². The van der Waals surface area contributed by atoms with Crippen LogP contribution in [0.15, 0.2) is 23.8 Å². The fraction of sp³-hybridized carbons (Fsp3) is 0.667. The number of phenolic OH excluding ortho intramolecular Hbond substituents is 1. The topological polar surface area (TPSA) is 29.5 Å². The Bertz CT molecular complexity index is 656. The molecule has 3 rings (SSSR count). The maximum absolute atomic E-state index is 10.8. The van der Waals surface area contributed by atoms with Gasteiger partial charge in [-0.3, -0.25) is 0 Å². The summed E-state index contributed by atoms with van der Waals surface area (Å²) in [6.07, 6.45) is 13.2. The van der Waals surface area contributed by atoms with E-state index in [2.05, 4.69) is 39.8 Å². The second-order valence-corrected chi connectivity index (χ2v) is 8.95. The van der Waals surface area contributed by atoms with E-state index in [1.54, 1.807) is 0 Å². The van der Waals surface area contributed by atoms with Gasteiger partial charge in [-0.05, 0) is 64.2 Å². The van der Waals surface area contributed by atoms with Gasteiger partial charge in [0.05, 0.1) is 0 Å². The average Bonchev–Trinajstić information content (AvgIpc) is 2.56. The van der Waals surface area contributed by atoms with Crippen molar-refractivity contribution in [1.82, 2.24) is 0 Å². The molecule has 0 spiro atoms. The standard InChI is InChI=1S/C24H36O2/c1-5-6-7-8-9-10-11-18-15-21(25)23-19-14-17(2)12-13-20(19)24(3,4)26-22(23)16-18/h12,15-16,19-20,25H,5-11,13-14H2,1-4H3. The molecule has 2 aliphatic rings. The molecule has 0 aromatic heterocycles. The SMILES string of the molecule is CCCCCCCCc1cc(O)c2c(c1)OC(C)(C)C1CC=C(C)CC21. The molecule has 2 nitrogen and oxygen atoms in total. The van der Waals surface area contributed by atoms with Gasteiger partial charge in [-0.25, -0.2) is 0 Å². The molecule has 26 heavy (non-hydrogen) atoms. The van der Waals surface area contributed by atoms with E-state index in [0.29, 0.717) is 17.6 Å². The van der Waals surface area contributed by atoms with Gasteiger partial charge in [0.15, 0.2) is 0 Å². The molecule has 1 aromatic rings. The third-order valence-corrected chi connectivity index (χ3v) is 6.38. The summed E-state index contributed by atoms with van der Waals surface area (Å²) in [7, 11) is 0. The van der Waals surface area contributed by atoms with Crippen LogP contribution in [0.4, 0.5) is 0 Å². The van der Waals surface area contributed by atoms with Crippen LogP contribution in [0.2, 0.25) is 0 Å². The normalized spacial score (nSPS) is 23.6. The second kappa shape index (κ2) is 8.06. The molecule has 2 atom stereocenters. The number of aryl methyl sites for hydroxylation is 1. The summed E-state index contributed by atoms with van der Waals surface area (Å²) in [6, 6.07) is 4.20. The van der Waals surface area contributed by atoms with E-state index in [1.165, 1.54) is 49.7 Å². The number of phenols is 1. The van der Waals surface area contributed by atoms with Gasteiger partial charge in [-0.2, -0.15) is 0 Å². The molecule has 2 heteroatoms. The van der Waals surface area contributed by atoms with Crippen molar-refractivity contribution in [1.29, 1.82) is 0 Å². The molecule has 0 saturated heterocycles. The molecule has 1 aliphatic heterocycles. The highest BCUT2D eigenvalue weighted by molar-refractivity contribution is 5.52. The van der Waals surface area contributed by atoms with Crippen LogP contribution >= 0.6 is 0 Å². The van der Waals surface area contributed by atoms with Gasteiger partial charge >= 0.3 is 0 Å². The number of hydrogen-bond acceptors (Lipinski definition) is 2. The van der Waals surface area contributed by atoms with Gasteiger partial charge in [0.25, 0.3) is 0 Å². The molecule has 144 valence electrons. The zero-order valence-electron chi connectivity index (χ0n) is 17.1. The molecule has 0 bridgehead atoms. The maximum atomic E-state index is 10.8. The van der Waals surface area contributed by atoms with Crippen molar-refractivity contribution >= 4 is 0 Å². The van der Waals surface area contributed by atoms with Crippen LogP contribution in [0.5, 0.6) is 11.5 Å². The summed E-state index contributed by atoms with van der Waals surface area (Å²) in [6.45, 7) is 8.88. The Hall–Kier alpha value is -1.44. The van der Waals surface area contributed by atoms with Crippen molar-refractivity contribution in [2.24, 2.45) is 5.92 Å². The van der Waals surface area contributed by atoms with Crippen LogP contribution in [0, 0.1) is 5.92 Å². The summed E-state index contributed by atoms with van der Waals surface area (Å²) in [5.74, 6) is 2.19. The zero-order chi connectivity index (χ0) is 18.7. The minimum Gasteiger partial charge on any atom is -0.508 e. The van der Waals surface area contributed by atoms with E-state index < -0.39 is 0 Å². The predicted molar refractivity (Wildman–Crippen MR) is 109 cm³/mol. The minimum atomic E-state index is -0.180. The number of allylic oxidation sites excluding steroid dienone is 2. The number of benzene rings is 1. The fourth-order valence-electron chi connectivity index (χ4n) is 4.87. The first-order valence-corrected chi connectivity index (χ1v) is 10.6. The second-order valence-electron chi connectivity index (χ2n) is 8.95. The van der Waals surface area contributed by atoms with Crippen LogP contribution in [0.3, 0.4) is 0 Å². The molecule has 1 heterocycles. The average molecular weight is 357 g/mol. The Morgan fingerprint density at radius 1 is 1.12 bits per heavy atom. The molecule has 2 unspecified atom stereocenters. The molecular weight excluding hydrogens is 320 g/mol. The lowest BCUT2D eigenvalue weighted by Gasteiger charge is -2.47. The lowest BCUT2D eigenvalue weighted by molar-refractivity contribution is 0.00753. The highest BCUT2D eigenvalue weighted by Crippen LogP contribution is 2.54. The molecule has 0 fully saturated rings. The molecule has 1 aliphatic carbocycles. The third kappa shape index (κ3) is 4.10. The Labute approximate surface area is 159 Å². The van der Waals surface area contributed by atoms with Crippen molar-refractivity contribution in [2.75, 3.05) is 0 Å². The van der Waals surface area contributed by atoms with E-state index in [0.717, 1.165) is 30.6 Å². The van der Waals surface area contributed by atoms with Crippen LogP contribution < -0.4 is 4.74 Å². The van der Waals surface area contributed by atoms with Gasteiger partial charge in [-0.1, -0.05) is 50.7 Å².